The largest absolute Gasteiger partial charge is 0.489 e. The number of benzene rings is 2. The molecule has 1 atom stereocenters. The molecule has 1 N–H and O–H groups in total. The Balaban J connectivity index is 2.15. The summed E-state index contributed by atoms with van der Waals surface area (Å²) in [5.74, 6) is 1.12. The highest BCUT2D eigenvalue weighted by molar-refractivity contribution is 5.87. The molecule has 1 heterocycles. The van der Waals surface area contributed by atoms with E-state index < -0.39 is 0 Å². The van der Waals surface area contributed by atoms with Crippen molar-refractivity contribution in [3.05, 3.63) is 54.1 Å². The van der Waals surface area contributed by atoms with Gasteiger partial charge in [-0.15, -0.1) is 0 Å². The third-order valence-corrected chi connectivity index (χ3v) is 3.44. The van der Waals surface area contributed by atoms with Crippen LogP contribution in [0.2, 0.25) is 0 Å². The Labute approximate surface area is 107 Å². The number of rotatable bonds is 1. The Morgan fingerprint density at radius 1 is 1.17 bits per heavy atom. The molecule has 3 rings (SSSR count). The molecule has 0 aromatic heterocycles. The molecular weight excluding hydrogens is 224 g/mol. The van der Waals surface area contributed by atoms with Crippen LogP contribution in [0, 0.1) is 5.92 Å². The van der Waals surface area contributed by atoms with Gasteiger partial charge in [0.2, 0.25) is 0 Å². The van der Waals surface area contributed by atoms with Crippen molar-refractivity contribution in [3.8, 4) is 5.75 Å². The van der Waals surface area contributed by atoms with E-state index in [2.05, 4.69) is 18.2 Å². The summed E-state index contributed by atoms with van der Waals surface area (Å²) in [6, 6.07) is 12.4. The van der Waals surface area contributed by atoms with Crippen LogP contribution in [-0.4, -0.2) is 18.3 Å². The van der Waals surface area contributed by atoms with Gasteiger partial charge >= 0.3 is 0 Å². The Morgan fingerprint density at radius 2 is 2.06 bits per heavy atom. The molecule has 0 aliphatic carbocycles. The molecule has 0 fully saturated rings. The van der Waals surface area contributed by atoms with E-state index in [0.29, 0.717) is 6.61 Å². The Bertz CT molecular complexity index is 587. The average molecular weight is 240 g/mol. The molecule has 92 valence electrons. The van der Waals surface area contributed by atoms with E-state index >= 15 is 0 Å². The summed E-state index contributed by atoms with van der Waals surface area (Å²) in [4.78, 5) is 0. The van der Waals surface area contributed by atoms with Crippen molar-refractivity contribution in [1.82, 2.24) is 0 Å². The zero-order valence-corrected chi connectivity index (χ0v) is 10.2. The molecule has 2 nitrogen and oxygen atoms in total. The molecule has 2 heteroatoms. The van der Waals surface area contributed by atoms with Gasteiger partial charge in [0, 0.05) is 18.1 Å². The number of hydrogen-bond donors (Lipinski definition) is 1. The lowest BCUT2D eigenvalue weighted by Crippen LogP contribution is -2.11. The highest BCUT2D eigenvalue weighted by atomic mass is 16.5. The summed E-state index contributed by atoms with van der Waals surface area (Å²) in [6.07, 6.45) is 4.85. The van der Waals surface area contributed by atoms with Crippen LogP contribution in [0.1, 0.15) is 5.56 Å². The van der Waals surface area contributed by atoms with Crippen LogP contribution in [0.25, 0.3) is 10.8 Å². The summed E-state index contributed by atoms with van der Waals surface area (Å²) in [6.45, 7) is 0.751. The van der Waals surface area contributed by atoms with Gasteiger partial charge in [-0.1, -0.05) is 42.5 Å². The van der Waals surface area contributed by atoms with Crippen LogP contribution in [-0.2, 0) is 6.42 Å². The van der Waals surface area contributed by atoms with Gasteiger partial charge < -0.3 is 9.84 Å². The Morgan fingerprint density at radius 3 is 2.94 bits per heavy atom. The molecule has 0 saturated heterocycles. The lowest BCUT2D eigenvalue weighted by atomic mass is 9.93. The lowest BCUT2D eigenvalue weighted by molar-refractivity contribution is 0.248. The SMILES string of the molecule is OCC1/C=C\COc2ccc3ccccc3c2C1. The maximum absolute atomic E-state index is 9.41. The number of hydrogen-bond acceptors (Lipinski definition) is 2. The average Bonchev–Trinajstić information content (AvgIpc) is 2.39. The predicted molar refractivity (Wildman–Crippen MR) is 72.9 cm³/mol. The van der Waals surface area contributed by atoms with Gasteiger partial charge in [-0.25, -0.2) is 0 Å². The molecular formula is C16H16O2. The summed E-state index contributed by atoms with van der Waals surface area (Å²) < 4.78 is 5.76. The molecule has 0 saturated carbocycles. The van der Waals surface area contributed by atoms with E-state index in [1.165, 1.54) is 16.3 Å². The van der Waals surface area contributed by atoms with Crippen LogP contribution in [0.3, 0.4) is 0 Å². The highest BCUT2D eigenvalue weighted by Gasteiger charge is 2.14. The fraction of sp³-hybridized carbons (Fsp3) is 0.250. The molecule has 0 radical (unpaired) electrons. The molecule has 0 bridgehead atoms. The lowest BCUT2D eigenvalue weighted by Gasteiger charge is -2.19. The van der Waals surface area contributed by atoms with Gasteiger partial charge in [0.1, 0.15) is 12.4 Å². The van der Waals surface area contributed by atoms with Gasteiger partial charge in [-0.05, 0) is 23.3 Å². The minimum absolute atomic E-state index is 0.179. The zero-order chi connectivity index (χ0) is 12.4. The monoisotopic (exact) mass is 240 g/mol. The van der Waals surface area contributed by atoms with E-state index in [1.54, 1.807) is 0 Å². The summed E-state index contributed by atoms with van der Waals surface area (Å²) in [7, 11) is 0. The Hall–Kier alpha value is -1.80. The van der Waals surface area contributed by atoms with Crippen LogP contribution in [0.5, 0.6) is 5.75 Å². The molecule has 2 aromatic rings. The molecule has 2 aromatic carbocycles. The van der Waals surface area contributed by atoms with Crippen molar-refractivity contribution in [2.24, 2.45) is 5.92 Å². The number of aliphatic hydroxyl groups excluding tert-OH is 1. The van der Waals surface area contributed by atoms with Crippen molar-refractivity contribution < 1.29 is 9.84 Å². The first-order valence-corrected chi connectivity index (χ1v) is 6.29. The Kier molecular flexibility index (Phi) is 3.03. The molecule has 1 aliphatic rings. The van der Waals surface area contributed by atoms with Crippen molar-refractivity contribution in [2.75, 3.05) is 13.2 Å². The van der Waals surface area contributed by atoms with Gasteiger partial charge in [-0.2, -0.15) is 0 Å². The number of aliphatic hydroxyl groups is 1. The second-order valence-electron chi connectivity index (χ2n) is 4.65. The first-order chi connectivity index (χ1) is 8.88. The minimum Gasteiger partial charge on any atom is -0.489 e. The second-order valence-corrected chi connectivity index (χ2v) is 4.65. The zero-order valence-electron chi connectivity index (χ0n) is 10.2. The van der Waals surface area contributed by atoms with Crippen molar-refractivity contribution in [3.63, 3.8) is 0 Å². The van der Waals surface area contributed by atoms with Crippen LogP contribution in [0.4, 0.5) is 0 Å². The third-order valence-electron chi connectivity index (χ3n) is 3.44. The predicted octanol–water partition coefficient (Wildman–Crippen LogP) is 2.94. The van der Waals surface area contributed by atoms with Gasteiger partial charge in [0.05, 0.1) is 0 Å². The number of ether oxygens (including phenoxy) is 1. The minimum atomic E-state index is 0.179. The van der Waals surface area contributed by atoms with E-state index in [1.807, 2.05) is 30.4 Å². The maximum atomic E-state index is 9.41. The van der Waals surface area contributed by atoms with Crippen molar-refractivity contribution in [2.45, 2.75) is 6.42 Å². The van der Waals surface area contributed by atoms with Gasteiger partial charge in [0.15, 0.2) is 0 Å². The molecule has 0 amide bonds. The van der Waals surface area contributed by atoms with E-state index in [-0.39, 0.29) is 12.5 Å². The van der Waals surface area contributed by atoms with Crippen molar-refractivity contribution >= 4 is 10.8 Å². The summed E-state index contributed by atoms with van der Waals surface area (Å²) >= 11 is 0. The van der Waals surface area contributed by atoms with Crippen LogP contribution < -0.4 is 4.74 Å². The van der Waals surface area contributed by atoms with Gasteiger partial charge in [-0.3, -0.25) is 0 Å². The van der Waals surface area contributed by atoms with Crippen molar-refractivity contribution in [1.29, 1.82) is 0 Å². The van der Waals surface area contributed by atoms with Crippen LogP contribution in [0.15, 0.2) is 48.6 Å². The second kappa shape index (κ2) is 4.83. The first-order valence-electron chi connectivity index (χ1n) is 6.29. The number of fused-ring (bicyclic) bond motifs is 3. The fourth-order valence-corrected chi connectivity index (χ4v) is 2.50. The highest BCUT2D eigenvalue weighted by Crippen LogP contribution is 2.31. The van der Waals surface area contributed by atoms with E-state index in [4.69, 9.17) is 4.74 Å². The maximum Gasteiger partial charge on any atom is 0.123 e. The first kappa shape index (κ1) is 11.3. The molecule has 1 aliphatic heterocycles. The van der Waals surface area contributed by atoms with Crippen LogP contribution >= 0.6 is 0 Å². The summed E-state index contributed by atoms with van der Waals surface area (Å²) in [5.41, 5.74) is 1.21. The topological polar surface area (TPSA) is 29.5 Å². The molecule has 0 spiro atoms. The normalized spacial score (nSPS) is 20.6. The summed E-state index contributed by atoms with van der Waals surface area (Å²) in [5, 5.41) is 11.9. The third kappa shape index (κ3) is 2.00. The fourth-order valence-electron chi connectivity index (χ4n) is 2.50. The van der Waals surface area contributed by atoms with E-state index in [0.717, 1.165) is 12.2 Å². The molecule has 18 heavy (non-hydrogen) atoms. The molecule has 1 unspecified atom stereocenters. The quantitative estimate of drug-likeness (QED) is 0.777. The van der Waals surface area contributed by atoms with E-state index in [9.17, 15) is 5.11 Å². The van der Waals surface area contributed by atoms with Gasteiger partial charge in [0.25, 0.3) is 0 Å². The standard InChI is InChI=1S/C16H16O2/c17-11-12-4-3-9-18-16-8-7-13-5-1-2-6-14(13)15(16)10-12/h1-8,12,17H,9-11H2/b4-3-. The smallest absolute Gasteiger partial charge is 0.123 e.